The van der Waals surface area contributed by atoms with Gasteiger partial charge in [-0.25, -0.2) is 4.98 Å². The van der Waals surface area contributed by atoms with E-state index in [-0.39, 0.29) is 17.9 Å². The summed E-state index contributed by atoms with van der Waals surface area (Å²) in [6, 6.07) is 7.96. The van der Waals surface area contributed by atoms with Crippen molar-refractivity contribution >= 4 is 45.1 Å². The lowest BCUT2D eigenvalue weighted by atomic mass is 10.1. The fourth-order valence-corrected chi connectivity index (χ4v) is 5.99. The van der Waals surface area contributed by atoms with Crippen LogP contribution in [-0.2, 0) is 9.59 Å². The number of amides is 2. The van der Waals surface area contributed by atoms with E-state index >= 15 is 0 Å². The number of para-hydroxylation sites is 1. The van der Waals surface area contributed by atoms with Crippen molar-refractivity contribution in [3.63, 3.8) is 0 Å². The van der Waals surface area contributed by atoms with E-state index < -0.39 is 0 Å². The van der Waals surface area contributed by atoms with Gasteiger partial charge in [-0.1, -0.05) is 23.9 Å². The van der Waals surface area contributed by atoms with E-state index in [1.165, 1.54) is 18.2 Å². The maximum atomic E-state index is 12.7. The molecule has 0 spiro atoms. The van der Waals surface area contributed by atoms with E-state index in [1.807, 2.05) is 34.9 Å². The van der Waals surface area contributed by atoms with Gasteiger partial charge in [0.1, 0.15) is 0 Å². The molecule has 8 heteroatoms. The van der Waals surface area contributed by atoms with Crippen molar-refractivity contribution in [1.82, 2.24) is 19.7 Å². The van der Waals surface area contributed by atoms with E-state index in [0.29, 0.717) is 18.8 Å². The van der Waals surface area contributed by atoms with Gasteiger partial charge in [-0.15, -0.1) is 11.3 Å². The predicted molar refractivity (Wildman–Crippen MR) is 118 cm³/mol. The van der Waals surface area contributed by atoms with Crippen LogP contribution in [-0.4, -0.2) is 82.6 Å². The van der Waals surface area contributed by atoms with Crippen LogP contribution in [0.1, 0.15) is 26.2 Å². The number of hydrogen-bond acceptors (Lipinski definition) is 6. The fraction of sp³-hybridized carbons (Fsp3) is 0.571. The lowest BCUT2D eigenvalue weighted by Crippen LogP contribution is -2.56. The molecule has 2 saturated heterocycles. The number of carbonyl (C=O) groups is 2. The van der Waals surface area contributed by atoms with Crippen LogP contribution in [0.15, 0.2) is 28.6 Å². The normalized spacial score (nSPS) is 19.5. The largest absolute Gasteiger partial charge is 0.341 e. The molecule has 2 amide bonds. The van der Waals surface area contributed by atoms with Gasteiger partial charge in [-0.2, -0.15) is 0 Å². The summed E-state index contributed by atoms with van der Waals surface area (Å²) in [4.78, 5) is 36.1. The summed E-state index contributed by atoms with van der Waals surface area (Å²) in [5, 5.41) is 0. The fourth-order valence-electron chi connectivity index (χ4n) is 4.02. The number of piperazine rings is 1. The molecule has 2 fully saturated rings. The molecular weight excluding hydrogens is 404 g/mol. The average Bonchev–Trinajstić information content (AvgIpc) is 3.20. The van der Waals surface area contributed by atoms with Gasteiger partial charge in [0.15, 0.2) is 4.34 Å². The number of piperidine rings is 1. The minimum atomic E-state index is -0.0949. The number of nitrogens with zero attached hydrogens (tertiary/aromatic N) is 4. The molecule has 0 radical (unpaired) electrons. The van der Waals surface area contributed by atoms with E-state index in [4.69, 9.17) is 0 Å². The molecule has 156 valence electrons. The standard InChI is InChI=1S/C21H28N4O2S2/c1-16(20(27)25-9-5-2-6-10-25)23-11-13-24(14-12-23)19(26)15-28-21-22-17-7-3-4-8-18(17)29-21/h3-4,7-8,16H,2,5-6,9-15H2,1H3. The molecule has 0 N–H and O–H groups in total. The Hall–Kier alpha value is -1.64. The van der Waals surface area contributed by atoms with Gasteiger partial charge < -0.3 is 9.80 Å². The molecule has 0 bridgehead atoms. The molecule has 1 atom stereocenters. The number of aromatic nitrogens is 1. The number of likely N-dealkylation sites (tertiary alicyclic amines) is 1. The number of thioether (sulfide) groups is 1. The highest BCUT2D eigenvalue weighted by atomic mass is 32.2. The molecule has 0 saturated carbocycles. The second kappa shape index (κ2) is 9.45. The van der Waals surface area contributed by atoms with Crippen molar-refractivity contribution < 1.29 is 9.59 Å². The number of rotatable bonds is 5. The van der Waals surface area contributed by atoms with Gasteiger partial charge in [-0.3, -0.25) is 14.5 Å². The summed E-state index contributed by atoms with van der Waals surface area (Å²) in [7, 11) is 0. The molecular formula is C21H28N4O2S2. The Morgan fingerprint density at radius 1 is 1.03 bits per heavy atom. The molecule has 2 aliphatic rings. The van der Waals surface area contributed by atoms with Gasteiger partial charge >= 0.3 is 0 Å². The zero-order chi connectivity index (χ0) is 20.2. The third-order valence-electron chi connectivity index (χ3n) is 5.83. The van der Waals surface area contributed by atoms with E-state index in [9.17, 15) is 9.59 Å². The van der Waals surface area contributed by atoms with Crippen molar-refractivity contribution in [3.05, 3.63) is 24.3 Å². The van der Waals surface area contributed by atoms with E-state index in [0.717, 1.165) is 53.6 Å². The Bertz CT molecular complexity index is 824. The predicted octanol–water partition coefficient (Wildman–Crippen LogP) is 2.93. The molecule has 6 nitrogen and oxygen atoms in total. The van der Waals surface area contributed by atoms with Crippen LogP contribution >= 0.6 is 23.1 Å². The molecule has 1 unspecified atom stereocenters. The number of carbonyl (C=O) groups excluding carboxylic acids is 2. The Balaban J connectivity index is 1.24. The second-order valence-corrected chi connectivity index (χ2v) is 9.97. The molecule has 29 heavy (non-hydrogen) atoms. The van der Waals surface area contributed by atoms with Crippen LogP contribution in [0, 0.1) is 0 Å². The summed E-state index contributed by atoms with van der Waals surface area (Å²) in [6.07, 6.45) is 3.47. The van der Waals surface area contributed by atoms with Crippen LogP contribution in [0.25, 0.3) is 10.2 Å². The maximum absolute atomic E-state index is 12.7. The summed E-state index contributed by atoms with van der Waals surface area (Å²) >= 11 is 3.16. The third kappa shape index (κ3) is 4.92. The number of hydrogen-bond donors (Lipinski definition) is 0. The topological polar surface area (TPSA) is 56.8 Å². The molecule has 0 aliphatic carbocycles. The smallest absolute Gasteiger partial charge is 0.239 e. The van der Waals surface area contributed by atoms with Crippen molar-refractivity contribution in [2.45, 2.75) is 36.6 Å². The monoisotopic (exact) mass is 432 g/mol. The minimum Gasteiger partial charge on any atom is -0.341 e. The summed E-state index contributed by atoms with van der Waals surface area (Å²) in [5.41, 5.74) is 0.994. The molecule has 1 aromatic heterocycles. The van der Waals surface area contributed by atoms with Crippen molar-refractivity contribution in [1.29, 1.82) is 0 Å². The number of fused-ring (bicyclic) bond motifs is 1. The summed E-state index contributed by atoms with van der Waals surface area (Å²) < 4.78 is 2.10. The summed E-state index contributed by atoms with van der Waals surface area (Å²) in [5.74, 6) is 0.821. The molecule has 2 aliphatic heterocycles. The molecule has 3 heterocycles. The van der Waals surface area contributed by atoms with E-state index in [1.54, 1.807) is 11.3 Å². The van der Waals surface area contributed by atoms with Crippen LogP contribution in [0.2, 0.25) is 0 Å². The first-order valence-electron chi connectivity index (χ1n) is 10.4. The van der Waals surface area contributed by atoms with Crippen LogP contribution in [0.5, 0.6) is 0 Å². The average molecular weight is 433 g/mol. The zero-order valence-electron chi connectivity index (χ0n) is 16.9. The first-order chi connectivity index (χ1) is 14.1. The van der Waals surface area contributed by atoms with Crippen LogP contribution < -0.4 is 0 Å². The van der Waals surface area contributed by atoms with Crippen molar-refractivity contribution in [2.24, 2.45) is 0 Å². The Morgan fingerprint density at radius 2 is 1.76 bits per heavy atom. The SMILES string of the molecule is CC(C(=O)N1CCCCC1)N1CCN(C(=O)CSc2nc3ccccc3s2)CC1. The minimum absolute atomic E-state index is 0.0949. The zero-order valence-corrected chi connectivity index (χ0v) is 18.5. The third-order valence-corrected chi connectivity index (χ3v) is 8.00. The quantitative estimate of drug-likeness (QED) is 0.680. The van der Waals surface area contributed by atoms with Gasteiger partial charge in [-0.05, 0) is 38.3 Å². The maximum Gasteiger partial charge on any atom is 0.239 e. The molecule has 2 aromatic rings. The highest BCUT2D eigenvalue weighted by Gasteiger charge is 2.30. The van der Waals surface area contributed by atoms with Gasteiger partial charge in [0.25, 0.3) is 0 Å². The van der Waals surface area contributed by atoms with Gasteiger partial charge in [0.2, 0.25) is 11.8 Å². The number of thiazole rings is 1. The van der Waals surface area contributed by atoms with Crippen molar-refractivity contribution in [3.8, 4) is 0 Å². The first kappa shape index (κ1) is 20.6. The Morgan fingerprint density at radius 3 is 2.48 bits per heavy atom. The van der Waals surface area contributed by atoms with Gasteiger partial charge in [0.05, 0.1) is 22.0 Å². The molecule has 4 rings (SSSR count). The highest BCUT2D eigenvalue weighted by Crippen LogP contribution is 2.29. The summed E-state index contributed by atoms with van der Waals surface area (Å²) in [6.45, 7) is 6.71. The second-order valence-electron chi connectivity index (χ2n) is 7.71. The number of benzene rings is 1. The van der Waals surface area contributed by atoms with E-state index in [2.05, 4.69) is 16.0 Å². The van der Waals surface area contributed by atoms with Gasteiger partial charge in [0, 0.05) is 39.3 Å². The van der Waals surface area contributed by atoms with Crippen LogP contribution in [0.3, 0.4) is 0 Å². The Kier molecular flexibility index (Phi) is 6.72. The first-order valence-corrected chi connectivity index (χ1v) is 12.2. The Labute approximate surface area is 180 Å². The lowest BCUT2D eigenvalue weighted by Gasteiger charge is -2.39. The molecule has 1 aromatic carbocycles. The lowest BCUT2D eigenvalue weighted by molar-refractivity contribution is -0.139. The van der Waals surface area contributed by atoms with Crippen molar-refractivity contribution in [2.75, 3.05) is 45.0 Å². The van der Waals surface area contributed by atoms with Crippen LogP contribution in [0.4, 0.5) is 0 Å². The highest BCUT2D eigenvalue weighted by molar-refractivity contribution is 8.01.